The molecule has 1 unspecified atom stereocenters. The van der Waals surface area contributed by atoms with E-state index in [4.69, 9.17) is 9.57 Å². The molecule has 1 aliphatic carbocycles. The average Bonchev–Trinajstić information content (AvgIpc) is 3.33. The van der Waals surface area contributed by atoms with Gasteiger partial charge in [-0.2, -0.15) is 5.10 Å². The molecule has 1 aromatic carbocycles. The lowest BCUT2D eigenvalue weighted by Gasteiger charge is -2.38. The monoisotopic (exact) mass is 394 g/mol. The van der Waals surface area contributed by atoms with Gasteiger partial charge in [0.15, 0.2) is 0 Å². The van der Waals surface area contributed by atoms with Crippen molar-refractivity contribution in [1.29, 1.82) is 0 Å². The van der Waals surface area contributed by atoms with Crippen molar-refractivity contribution in [3.05, 3.63) is 48.1 Å². The Hall–Kier alpha value is -2.39. The van der Waals surface area contributed by atoms with Crippen LogP contribution in [0, 0.1) is 17.0 Å². The highest BCUT2D eigenvalue weighted by Gasteiger charge is 2.63. The third kappa shape index (κ3) is 3.77. The number of ether oxygens (including phenoxy) is 1. The topological polar surface area (TPSA) is 81.8 Å². The van der Waals surface area contributed by atoms with Crippen LogP contribution in [0.5, 0.6) is 0 Å². The zero-order valence-electron chi connectivity index (χ0n) is 15.9. The fourth-order valence-electron chi connectivity index (χ4n) is 3.70. The fourth-order valence-corrected chi connectivity index (χ4v) is 3.70. The lowest BCUT2D eigenvalue weighted by molar-refractivity contribution is -0.0447. The molecule has 1 aliphatic rings. The highest BCUT2D eigenvalue weighted by atomic mass is 19.1. The first-order valence-electron chi connectivity index (χ1n) is 9.15. The van der Waals surface area contributed by atoms with E-state index in [0.717, 1.165) is 18.6 Å². The van der Waals surface area contributed by atoms with E-state index in [0.29, 0.717) is 25.0 Å². The summed E-state index contributed by atoms with van der Waals surface area (Å²) in [4.78, 5) is 9.10. The van der Waals surface area contributed by atoms with Crippen molar-refractivity contribution >= 4 is 5.71 Å². The van der Waals surface area contributed by atoms with Gasteiger partial charge in [0.05, 0.1) is 12.3 Å². The number of rotatable bonds is 10. The average molecular weight is 394 g/mol. The predicted octanol–water partition coefficient (Wildman–Crippen LogP) is 3.00. The minimum atomic E-state index is -1.71. The van der Waals surface area contributed by atoms with Crippen molar-refractivity contribution in [2.75, 3.05) is 13.9 Å². The SMILES string of the molecule is CCC/C(=N\OCOC)C1(C(O)(Cn2cncn2)c2ccc(F)cc2F)CC1. The van der Waals surface area contributed by atoms with Crippen LogP contribution >= 0.6 is 0 Å². The number of benzene rings is 1. The number of methoxy groups -OCH3 is 1. The predicted molar refractivity (Wildman–Crippen MR) is 97.2 cm³/mol. The summed E-state index contributed by atoms with van der Waals surface area (Å²) in [6.07, 6.45) is 5.28. The smallest absolute Gasteiger partial charge is 0.216 e. The van der Waals surface area contributed by atoms with Gasteiger partial charge >= 0.3 is 0 Å². The van der Waals surface area contributed by atoms with Crippen LogP contribution in [0.4, 0.5) is 8.78 Å². The van der Waals surface area contributed by atoms with E-state index in [9.17, 15) is 13.9 Å². The first kappa shape index (κ1) is 20.3. The number of nitrogens with zero attached hydrogens (tertiary/aromatic N) is 4. The van der Waals surface area contributed by atoms with Gasteiger partial charge in [0.2, 0.25) is 6.79 Å². The molecule has 0 aliphatic heterocycles. The van der Waals surface area contributed by atoms with Crippen LogP contribution in [0.2, 0.25) is 0 Å². The maximum absolute atomic E-state index is 14.8. The van der Waals surface area contributed by atoms with Crippen LogP contribution in [0.15, 0.2) is 36.0 Å². The summed E-state index contributed by atoms with van der Waals surface area (Å²) < 4.78 is 34.6. The van der Waals surface area contributed by atoms with Crippen molar-refractivity contribution in [3.63, 3.8) is 0 Å². The Labute approximate surface area is 162 Å². The maximum atomic E-state index is 14.8. The number of aromatic nitrogens is 3. The quantitative estimate of drug-likeness (QED) is 0.290. The van der Waals surface area contributed by atoms with Crippen LogP contribution in [0.3, 0.4) is 0 Å². The summed E-state index contributed by atoms with van der Waals surface area (Å²) in [5, 5.41) is 20.1. The third-order valence-corrected chi connectivity index (χ3v) is 5.16. The standard InChI is InChI=1S/C19H24F2N4O3/c1-3-4-17(24-28-13-27-2)18(7-8-18)19(26,10-25-12-22-11-23-25)15-6-5-14(20)9-16(15)21/h5-6,9,11-12,26H,3-4,7-8,10,13H2,1-2H3/b24-17+. The first-order valence-corrected chi connectivity index (χ1v) is 9.15. The molecule has 1 fully saturated rings. The van der Waals surface area contributed by atoms with Crippen LogP contribution in [0.1, 0.15) is 38.2 Å². The second kappa shape index (κ2) is 8.32. The molecule has 1 aromatic heterocycles. The molecule has 9 heteroatoms. The van der Waals surface area contributed by atoms with Gasteiger partial charge in [-0.1, -0.05) is 24.6 Å². The molecule has 1 atom stereocenters. The molecule has 0 bridgehead atoms. The molecule has 7 nitrogen and oxygen atoms in total. The number of aliphatic hydroxyl groups is 1. The number of halogens is 2. The van der Waals surface area contributed by atoms with E-state index in [-0.39, 0.29) is 18.9 Å². The molecular formula is C19H24F2N4O3. The molecule has 3 rings (SSSR count). The lowest BCUT2D eigenvalue weighted by Crippen LogP contribution is -2.46. The molecule has 1 N–H and O–H groups in total. The summed E-state index contributed by atoms with van der Waals surface area (Å²) in [7, 11) is 1.48. The first-order chi connectivity index (χ1) is 13.5. The van der Waals surface area contributed by atoms with Crippen LogP contribution in [-0.2, 0) is 21.7 Å². The van der Waals surface area contributed by atoms with Gasteiger partial charge in [-0.05, 0) is 25.3 Å². The number of oxime groups is 1. The van der Waals surface area contributed by atoms with Gasteiger partial charge in [0.1, 0.15) is 29.9 Å². The minimum absolute atomic E-state index is 0.00237. The van der Waals surface area contributed by atoms with Gasteiger partial charge in [-0.15, -0.1) is 0 Å². The molecular weight excluding hydrogens is 370 g/mol. The molecule has 152 valence electrons. The van der Waals surface area contributed by atoms with Gasteiger partial charge in [0, 0.05) is 24.2 Å². The highest BCUT2D eigenvalue weighted by Crippen LogP contribution is 2.61. The highest BCUT2D eigenvalue weighted by molar-refractivity contribution is 5.93. The molecule has 0 radical (unpaired) electrons. The van der Waals surface area contributed by atoms with Crippen LogP contribution in [0.25, 0.3) is 0 Å². The van der Waals surface area contributed by atoms with E-state index >= 15 is 0 Å². The van der Waals surface area contributed by atoms with Crippen LogP contribution in [-0.4, -0.2) is 39.5 Å². The molecule has 1 saturated carbocycles. The largest absolute Gasteiger partial charge is 0.382 e. The van der Waals surface area contributed by atoms with E-state index in [1.54, 1.807) is 0 Å². The van der Waals surface area contributed by atoms with E-state index in [1.165, 1.54) is 30.5 Å². The normalized spacial score (nSPS) is 18.0. The number of hydrogen-bond donors (Lipinski definition) is 1. The van der Waals surface area contributed by atoms with Crippen molar-refractivity contribution < 1.29 is 23.5 Å². The Morgan fingerprint density at radius 2 is 2.18 bits per heavy atom. The summed E-state index contributed by atoms with van der Waals surface area (Å²) >= 11 is 0. The Morgan fingerprint density at radius 1 is 1.39 bits per heavy atom. The zero-order valence-corrected chi connectivity index (χ0v) is 15.9. The summed E-state index contributed by atoms with van der Waals surface area (Å²) in [6, 6.07) is 3.19. The Balaban J connectivity index is 2.08. The molecule has 0 spiro atoms. The van der Waals surface area contributed by atoms with E-state index in [2.05, 4.69) is 15.2 Å². The zero-order chi connectivity index (χ0) is 20.2. The van der Waals surface area contributed by atoms with Gasteiger partial charge in [-0.25, -0.2) is 18.4 Å². The van der Waals surface area contributed by atoms with Gasteiger partial charge < -0.3 is 14.7 Å². The number of hydrogen-bond acceptors (Lipinski definition) is 6. The molecule has 0 amide bonds. The second-order valence-corrected chi connectivity index (χ2v) is 6.98. The van der Waals surface area contributed by atoms with Gasteiger partial charge in [-0.3, -0.25) is 0 Å². The Morgan fingerprint density at radius 3 is 2.75 bits per heavy atom. The summed E-state index contributed by atoms with van der Waals surface area (Å²) in [5.74, 6) is -1.53. The minimum Gasteiger partial charge on any atom is -0.382 e. The molecule has 28 heavy (non-hydrogen) atoms. The van der Waals surface area contributed by atoms with Crippen molar-refractivity contribution in [1.82, 2.24) is 14.8 Å². The van der Waals surface area contributed by atoms with Crippen LogP contribution < -0.4 is 0 Å². The lowest BCUT2D eigenvalue weighted by atomic mass is 9.74. The fraction of sp³-hybridized carbons (Fsp3) is 0.526. The molecule has 2 aromatic rings. The van der Waals surface area contributed by atoms with Crippen molar-refractivity contribution in [3.8, 4) is 0 Å². The second-order valence-electron chi connectivity index (χ2n) is 6.98. The summed E-state index contributed by atoms with van der Waals surface area (Å²) in [5.41, 5.74) is -1.93. The van der Waals surface area contributed by atoms with Gasteiger partial charge in [0.25, 0.3) is 0 Å². The summed E-state index contributed by atoms with van der Waals surface area (Å²) in [6.45, 7) is 1.90. The Bertz CT molecular complexity index is 825. The third-order valence-electron chi connectivity index (χ3n) is 5.16. The molecule has 0 saturated heterocycles. The van der Waals surface area contributed by atoms with E-state index in [1.807, 2.05) is 6.92 Å². The van der Waals surface area contributed by atoms with E-state index < -0.39 is 22.7 Å². The molecule has 1 heterocycles. The Kier molecular flexibility index (Phi) is 6.04. The van der Waals surface area contributed by atoms with Crippen molar-refractivity contribution in [2.24, 2.45) is 10.6 Å². The van der Waals surface area contributed by atoms with Crippen molar-refractivity contribution in [2.45, 2.75) is 44.8 Å². The maximum Gasteiger partial charge on any atom is 0.216 e.